The second-order valence-corrected chi connectivity index (χ2v) is 6.42. The number of hydrogen-bond acceptors (Lipinski definition) is 2. The van der Waals surface area contributed by atoms with Gasteiger partial charge in [-0.2, -0.15) is 5.10 Å². The molecule has 0 saturated carbocycles. The van der Waals surface area contributed by atoms with Crippen molar-refractivity contribution in [1.82, 2.24) is 19.3 Å². The predicted molar refractivity (Wildman–Crippen MR) is 86.9 cm³/mol. The molecule has 1 atom stereocenters. The van der Waals surface area contributed by atoms with Gasteiger partial charge in [-0.25, -0.2) is 4.98 Å². The molecule has 0 fully saturated rings. The van der Waals surface area contributed by atoms with Gasteiger partial charge in [-0.05, 0) is 26.0 Å². The normalized spacial score (nSPS) is 13.0. The van der Waals surface area contributed by atoms with Gasteiger partial charge in [0, 0.05) is 13.2 Å². The summed E-state index contributed by atoms with van der Waals surface area (Å²) in [7, 11) is 1.88. The lowest BCUT2D eigenvalue weighted by Gasteiger charge is -2.09. The maximum atomic E-state index is 6.29. The standard InChI is InChI=1S/C14H13Cl3N4/c1-7(15)14-18-11-4-9(16)10(17)5-12(11)21(14)13-6-20(3)19-8(13)2/h4-7H,1-3H3. The van der Waals surface area contributed by atoms with Gasteiger partial charge < -0.3 is 0 Å². The molecular weight excluding hydrogens is 331 g/mol. The maximum absolute atomic E-state index is 6.29. The lowest BCUT2D eigenvalue weighted by atomic mass is 10.3. The number of benzene rings is 1. The van der Waals surface area contributed by atoms with Crippen molar-refractivity contribution in [3.05, 3.63) is 39.9 Å². The van der Waals surface area contributed by atoms with Crippen LogP contribution < -0.4 is 0 Å². The smallest absolute Gasteiger partial charge is 0.132 e. The average molecular weight is 344 g/mol. The summed E-state index contributed by atoms with van der Waals surface area (Å²) in [4.78, 5) is 4.59. The van der Waals surface area contributed by atoms with Crippen LogP contribution in [-0.2, 0) is 7.05 Å². The van der Waals surface area contributed by atoms with Crippen LogP contribution in [0.25, 0.3) is 16.7 Å². The van der Waals surface area contributed by atoms with Gasteiger partial charge in [0.1, 0.15) is 5.82 Å². The molecule has 0 bridgehead atoms. The molecule has 2 heterocycles. The summed E-state index contributed by atoms with van der Waals surface area (Å²) in [5, 5.41) is 5.09. The van der Waals surface area contributed by atoms with Crippen molar-refractivity contribution < 1.29 is 0 Å². The van der Waals surface area contributed by atoms with Crippen molar-refractivity contribution in [2.75, 3.05) is 0 Å². The molecule has 0 aliphatic heterocycles. The number of halogens is 3. The predicted octanol–water partition coefficient (Wildman–Crippen LogP) is 4.67. The first-order valence-electron chi connectivity index (χ1n) is 6.40. The monoisotopic (exact) mass is 342 g/mol. The number of imidazole rings is 1. The van der Waals surface area contributed by atoms with Crippen LogP contribution >= 0.6 is 34.8 Å². The van der Waals surface area contributed by atoms with Crippen molar-refractivity contribution >= 4 is 45.8 Å². The van der Waals surface area contributed by atoms with Crippen LogP contribution in [0.3, 0.4) is 0 Å². The van der Waals surface area contributed by atoms with E-state index in [4.69, 9.17) is 34.8 Å². The second kappa shape index (κ2) is 5.20. The Kier molecular flexibility index (Phi) is 3.64. The average Bonchev–Trinajstić information content (AvgIpc) is 2.90. The SMILES string of the molecule is Cc1nn(C)cc1-n1c(C(C)Cl)nc2cc(Cl)c(Cl)cc21. The molecule has 0 spiro atoms. The molecule has 3 aromatic rings. The zero-order valence-electron chi connectivity index (χ0n) is 11.7. The molecule has 0 saturated heterocycles. The first-order valence-corrected chi connectivity index (χ1v) is 7.60. The number of nitrogens with zero attached hydrogens (tertiary/aromatic N) is 4. The molecule has 3 rings (SSSR count). The number of hydrogen-bond donors (Lipinski definition) is 0. The van der Waals surface area contributed by atoms with Crippen LogP contribution in [-0.4, -0.2) is 19.3 Å². The Labute approximate surface area is 137 Å². The Morgan fingerprint density at radius 3 is 2.43 bits per heavy atom. The molecule has 1 unspecified atom stereocenters. The molecule has 21 heavy (non-hydrogen) atoms. The van der Waals surface area contributed by atoms with Crippen molar-refractivity contribution in [2.45, 2.75) is 19.2 Å². The second-order valence-electron chi connectivity index (χ2n) is 4.95. The highest BCUT2D eigenvalue weighted by Gasteiger charge is 2.20. The summed E-state index contributed by atoms with van der Waals surface area (Å²) in [6.45, 7) is 3.83. The molecule has 110 valence electrons. The van der Waals surface area contributed by atoms with E-state index in [0.29, 0.717) is 10.0 Å². The number of rotatable bonds is 2. The van der Waals surface area contributed by atoms with E-state index in [-0.39, 0.29) is 5.38 Å². The van der Waals surface area contributed by atoms with Crippen molar-refractivity contribution in [2.24, 2.45) is 7.05 Å². The Bertz CT molecular complexity index is 832. The van der Waals surface area contributed by atoms with E-state index in [1.54, 1.807) is 16.8 Å². The number of alkyl halides is 1. The van der Waals surface area contributed by atoms with Crippen LogP contribution in [0.15, 0.2) is 18.3 Å². The van der Waals surface area contributed by atoms with E-state index in [2.05, 4.69) is 10.1 Å². The summed E-state index contributed by atoms with van der Waals surface area (Å²) in [5.74, 6) is 0.737. The molecule has 0 N–H and O–H groups in total. The largest absolute Gasteiger partial charge is 0.292 e. The van der Waals surface area contributed by atoms with E-state index in [9.17, 15) is 0 Å². The Hall–Kier alpha value is -1.23. The van der Waals surface area contributed by atoms with Crippen LogP contribution in [0.4, 0.5) is 0 Å². The summed E-state index contributed by atoms with van der Waals surface area (Å²) in [5.41, 5.74) is 3.44. The third-order valence-corrected chi connectivity index (χ3v) is 4.22. The molecule has 4 nitrogen and oxygen atoms in total. The van der Waals surface area contributed by atoms with Crippen LogP contribution in [0.1, 0.15) is 23.8 Å². The first-order chi connectivity index (χ1) is 9.88. The van der Waals surface area contributed by atoms with Crippen molar-refractivity contribution in [1.29, 1.82) is 0 Å². The molecule has 1 aromatic carbocycles. The topological polar surface area (TPSA) is 35.6 Å². The summed E-state index contributed by atoms with van der Waals surface area (Å²) >= 11 is 18.5. The van der Waals surface area contributed by atoms with E-state index >= 15 is 0 Å². The summed E-state index contributed by atoms with van der Waals surface area (Å²) in [6.07, 6.45) is 1.93. The van der Waals surface area contributed by atoms with Crippen LogP contribution in [0.2, 0.25) is 10.0 Å². The van der Waals surface area contributed by atoms with Gasteiger partial charge in [0.2, 0.25) is 0 Å². The minimum absolute atomic E-state index is 0.255. The highest BCUT2D eigenvalue weighted by atomic mass is 35.5. The molecule has 0 aliphatic carbocycles. The molecule has 0 radical (unpaired) electrons. The van der Waals surface area contributed by atoms with E-state index in [1.165, 1.54) is 0 Å². The molecule has 0 amide bonds. The molecule has 7 heteroatoms. The Morgan fingerprint density at radius 1 is 1.19 bits per heavy atom. The molecule has 2 aromatic heterocycles. The quantitative estimate of drug-likeness (QED) is 0.634. The third kappa shape index (κ3) is 2.41. The maximum Gasteiger partial charge on any atom is 0.132 e. The van der Waals surface area contributed by atoms with Gasteiger partial charge in [0.05, 0.1) is 37.8 Å². The van der Waals surface area contributed by atoms with E-state index < -0.39 is 0 Å². The van der Waals surface area contributed by atoms with Crippen LogP contribution in [0, 0.1) is 6.92 Å². The van der Waals surface area contributed by atoms with Gasteiger partial charge in [0.25, 0.3) is 0 Å². The third-order valence-electron chi connectivity index (χ3n) is 3.31. The fraction of sp³-hybridized carbons (Fsp3) is 0.286. The molecule has 0 aliphatic rings. The zero-order valence-corrected chi connectivity index (χ0v) is 14.0. The van der Waals surface area contributed by atoms with Crippen molar-refractivity contribution in [3.8, 4) is 5.69 Å². The van der Waals surface area contributed by atoms with Crippen LogP contribution in [0.5, 0.6) is 0 Å². The lowest BCUT2D eigenvalue weighted by Crippen LogP contribution is -2.02. The Balaban J connectivity index is 2.40. The van der Waals surface area contributed by atoms with Gasteiger partial charge in [-0.15, -0.1) is 11.6 Å². The van der Waals surface area contributed by atoms with Gasteiger partial charge in [-0.3, -0.25) is 9.25 Å². The number of fused-ring (bicyclic) bond motifs is 1. The fourth-order valence-electron chi connectivity index (χ4n) is 2.42. The zero-order chi connectivity index (χ0) is 15.3. The number of aromatic nitrogens is 4. The summed E-state index contributed by atoms with van der Waals surface area (Å²) < 4.78 is 3.74. The van der Waals surface area contributed by atoms with E-state index in [1.807, 2.05) is 31.7 Å². The lowest BCUT2D eigenvalue weighted by molar-refractivity contribution is 0.756. The van der Waals surface area contributed by atoms with Gasteiger partial charge >= 0.3 is 0 Å². The highest BCUT2D eigenvalue weighted by molar-refractivity contribution is 6.42. The Morgan fingerprint density at radius 2 is 1.86 bits per heavy atom. The summed E-state index contributed by atoms with van der Waals surface area (Å²) in [6, 6.07) is 3.56. The fourth-order valence-corrected chi connectivity index (χ4v) is 2.88. The molecular formula is C14H13Cl3N4. The minimum Gasteiger partial charge on any atom is -0.292 e. The minimum atomic E-state index is -0.255. The first kappa shape index (κ1) is 14.7. The van der Waals surface area contributed by atoms with E-state index in [0.717, 1.165) is 28.2 Å². The van der Waals surface area contributed by atoms with Crippen molar-refractivity contribution in [3.63, 3.8) is 0 Å². The van der Waals surface area contributed by atoms with Gasteiger partial charge in [0.15, 0.2) is 0 Å². The number of aryl methyl sites for hydroxylation is 2. The highest BCUT2D eigenvalue weighted by Crippen LogP contribution is 2.33. The van der Waals surface area contributed by atoms with Gasteiger partial charge in [-0.1, -0.05) is 23.2 Å².